The molecule has 0 radical (unpaired) electrons. The first-order valence-corrected chi connectivity index (χ1v) is 9.51. The van der Waals surface area contributed by atoms with E-state index in [0.717, 1.165) is 29.7 Å². The first-order chi connectivity index (χ1) is 13.0. The molecule has 2 atom stereocenters. The van der Waals surface area contributed by atoms with E-state index in [1.807, 2.05) is 68.4 Å². The number of hydrogen-bond donors (Lipinski definition) is 2. The number of rotatable bonds is 4. The highest BCUT2D eigenvalue weighted by Crippen LogP contribution is 2.20. The molecule has 2 N–H and O–H groups in total. The van der Waals surface area contributed by atoms with Gasteiger partial charge in [-0.1, -0.05) is 42.5 Å². The number of anilines is 1. The molecule has 1 saturated heterocycles. The van der Waals surface area contributed by atoms with Crippen molar-refractivity contribution in [2.75, 3.05) is 18.4 Å². The molecule has 2 aromatic rings. The lowest BCUT2D eigenvalue weighted by molar-refractivity contribution is -0.126. The van der Waals surface area contributed by atoms with Crippen molar-refractivity contribution in [2.45, 2.75) is 32.7 Å². The fourth-order valence-corrected chi connectivity index (χ4v) is 3.46. The van der Waals surface area contributed by atoms with E-state index >= 15 is 0 Å². The summed E-state index contributed by atoms with van der Waals surface area (Å²) >= 11 is 0. The van der Waals surface area contributed by atoms with E-state index in [9.17, 15) is 9.59 Å². The van der Waals surface area contributed by atoms with Gasteiger partial charge in [0.2, 0.25) is 5.91 Å². The first-order valence-electron chi connectivity index (χ1n) is 9.51. The summed E-state index contributed by atoms with van der Waals surface area (Å²) in [6.45, 7) is 5.10. The summed E-state index contributed by atoms with van der Waals surface area (Å²) in [6.07, 6.45) is 1.64. The standard InChI is InChI=1S/C22H27N3O2/c1-16-8-6-12-20(14-16)24-22(27)25-13-7-11-19(15-25)21(26)23-17(2)18-9-4-3-5-10-18/h3-6,8-10,12,14,17,19H,7,11,13,15H2,1-2H3,(H,23,26)(H,24,27)/t17-,19+/m1/s1. The summed E-state index contributed by atoms with van der Waals surface area (Å²) in [5.74, 6) is -0.160. The number of benzene rings is 2. The zero-order chi connectivity index (χ0) is 19.2. The molecule has 5 nitrogen and oxygen atoms in total. The van der Waals surface area contributed by atoms with E-state index in [1.165, 1.54) is 0 Å². The molecule has 5 heteroatoms. The summed E-state index contributed by atoms with van der Waals surface area (Å²) in [7, 11) is 0. The van der Waals surface area contributed by atoms with Gasteiger partial charge in [0.05, 0.1) is 12.0 Å². The topological polar surface area (TPSA) is 61.4 Å². The Labute approximate surface area is 160 Å². The predicted octanol–water partition coefficient (Wildman–Crippen LogP) is 4.12. The molecule has 2 aromatic carbocycles. The van der Waals surface area contributed by atoms with Crippen LogP contribution < -0.4 is 10.6 Å². The molecular formula is C22H27N3O2. The lowest BCUT2D eigenvalue weighted by atomic mass is 9.96. The van der Waals surface area contributed by atoms with Crippen LogP contribution in [0.3, 0.4) is 0 Å². The minimum atomic E-state index is -0.173. The number of likely N-dealkylation sites (tertiary alicyclic amines) is 1. The number of nitrogens with one attached hydrogen (secondary N) is 2. The predicted molar refractivity (Wildman–Crippen MR) is 107 cm³/mol. The zero-order valence-corrected chi connectivity index (χ0v) is 15.9. The lowest BCUT2D eigenvalue weighted by Gasteiger charge is -2.32. The number of aryl methyl sites for hydroxylation is 1. The quantitative estimate of drug-likeness (QED) is 0.856. The van der Waals surface area contributed by atoms with E-state index in [0.29, 0.717) is 13.1 Å². The Hall–Kier alpha value is -2.82. The lowest BCUT2D eigenvalue weighted by Crippen LogP contribution is -2.47. The molecule has 1 heterocycles. The molecule has 3 amide bonds. The largest absolute Gasteiger partial charge is 0.349 e. The van der Waals surface area contributed by atoms with Gasteiger partial charge < -0.3 is 15.5 Å². The van der Waals surface area contributed by atoms with Crippen molar-refractivity contribution < 1.29 is 9.59 Å². The molecular weight excluding hydrogens is 338 g/mol. The van der Waals surface area contributed by atoms with E-state index in [-0.39, 0.29) is 23.9 Å². The average Bonchev–Trinajstić information content (AvgIpc) is 2.68. The van der Waals surface area contributed by atoms with Gasteiger partial charge >= 0.3 is 6.03 Å². The van der Waals surface area contributed by atoms with Crippen molar-refractivity contribution in [3.05, 3.63) is 65.7 Å². The molecule has 0 saturated carbocycles. The summed E-state index contributed by atoms with van der Waals surface area (Å²) in [6, 6.07) is 17.4. The minimum Gasteiger partial charge on any atom is -0.349 e. The van der Waals surface area contributed by atoms with Gasteiger partial charge in [-0.2, -0.15) is 0 Å². The second kappa shape index (κ2) is 8.71. The summed E-state index contributed by atoms with van der Waals surface area (Å²) < 4.78 is 0. The number of nitrogens with zero attached hydrogens (tertiary/aromatic N) is 1. The Balaban J connectivity index is 1.56. The first kappa shape index (κ1) is 19.0. The number of piperidine rings is 1. The molecule has 0 spiro atoms. The van der Waals surface area contributed by atoms with Crippen LogP contribution in [0.1, 0.15) is 36.9 Å². The molecule has 1 aliphatic heterocycles. The smallest absolute Gasteiger partial charge is 0.321 e. The van der Waals surface area contributed by atoms with Crippen molar-refractivity contribution >= 4 is 17.6 Å². The Morgan fingerprint density at radius 2 is 1.89 bits per heavy atom. The van der Waals surface area contributed by atoms with E-state index in [4.69, 9.17) is 0 Å². The highest BCUT2D eigenvalue weighted by molar-refractivity contribution is 5.90. The molecule has 3 rings (SSSR count). The highest BCUT2D eigenvalue weighted by Gasteiger charge is 2.29. The maximum atomic E-state index is 12.7. The van der Waals surface area contributed by atoms with Gasteiger partial charge in [0.15, 0.2) is 0 Å². The van der Waals surface area contributed by atoms with Gasteiger partial charge in [-0.15, -0.1) is 0 Å². The van der Waals surface area contributed by atoms with Gasteiger partial charge in [-0.3, -0.25) is 4.79 Å². The molecule has 0 aromatic heterocycles. The summed E-state index contributed by atoms with van der Waals surface area (Å²) in [5, 5.41) is 6.02. The number of carbonyl (C=O) groups excluding carboxylic acids is 2. The molecule has 0 bridgehead atoms. The van der Waals surface area contributed by atoms with Crippen molar-refractivity contribution in [1.82, 2.24) is 10.2 Å². The van der Waals surface area contributed by atoms with E-state index in [1.54, 1.807) is 4.90 Å². The van der Waals surface area contributed by atoms with Crippen LogP contribution in [0.25, 0.3) is 0 Å². The Morgan fingerprint density at radius 3 is 2.63 bits per heavy atom. The number of urea groups is 1. The van der Waals surface area contributed by atoms with Gasteiger partial charge in [-0.25, -0.2) is 4.79 Å². The normalized spacial score (nSPS) is 17.9. The average molecular weight is 365 g/mol. The molecule has 142 valence electrons. The number of hydrogen-bond acceptors (Lipinski definition) is 2. The highest BCUT2D eigenvalue weighted by atomic mass is 16.2. The fourth-order valence-electron chi connectivity index (χ4n) is 3.46. The maximum absolute atomic E-state index is 12.7. The van der Waals surface area contributed by atoms with Gasteiger partial charge in [0.1, 0.15) is 0 Å². The van der Waals surface area contributed by atoms with Crippen LogP contribution in [0.5, 0.6) is 0 Å². The van der Waals surface area contributed by atoms with Crippen LogP contribution in [-0.4, -0.2) is 29.9 Å². The molecule has 0 unspecified atom stereocenters. The van der Waals surface area contributed by atoms with E-state index < -0.39 is 0 Å². The monoisotopic (exact) mass is 365 g/mol. The van der Waals surface area contributed by atoms with Crippen LogP contribution in [0.4, 0.5) is 10.5 Å². The van der Waals surface area contributed by atoms with E-state index in [2.05, 4.69) is 10.6 Å². The van der Waals surface area contributed by atoms with Crippen LogP contribution in [0.2, 0.25) is 0 Å². The fraction of sp³-hybridized carbons (Fsp3) is 0.364. The number of carbonyl (C=O) groups is 2. The third-order valence-corrected chi connectivity index (χ3v) is 5.01. The molecule has 0 aliphatic carbocycles. The molecule has 27 heavy (non-hydrogen) atoms. The zero-order valence-electron chi connectivity index (χ0n) is 15.9. The third kappa shape index (κ3) is 5.09. The second-order valence-electron chi connectivity index (χ2n) is 7.23. The van der Waals surface area contributed by atoms with Crippen LogP contribution in [0.15, 0.2) is 54.6 Å². The molecule has 1 aliphatic rings. The Morgan fingerprint density at radius 1 is 1.11 bits per heavy atom. The Kier molecular flexibility index (Phi) is 6.12. The molecule has 1 fully saturated rings. The maximum Gasteiger partial charge on any atom is 0.321 e. The van der Waals surface area contributed by atoms with Crippen molar-refractivity contribution in [3.63, 3.8) is 0 Å². The Bertz CT molecular complexity index is 791. The van der Waals surface area contributed by atoms with Crippen molar-refractivity contribution in [1.29, 1.82) is 0 Å². The van der Waals surface area contributed by atoms with Crippen LogP contribution in [-0.2, 0) is 4.79 Å². The third-order valence-electron chi connectivity index (χ3n) is 5.01. The summed E-state index contributed by atoms with van der Waals surface area (Å²) in [4.78, 5) is 27.0. The minimum absolute atomic E-state index is 0.0133. The van der Waals surface area contributed by atoms with Gasteiger partial charge in [-0.05, 0) is 49.9 Å². The second-order valence-corrected chi connectivity index (χ2v) is 7.23. The van der Waals surface area contributed by atoms with Crippen LogP contribution in [0, 0.1) is 12.8 Å². The van der Waals surface area contributed by atoms with Crippen molar-refractivity contribution in [2.24, 2.45) is 5.92 Å². The number of amides is 3. The SMILES string of the molecule is Cc1cccc(NC(=O)N2CCC[C@H](C(=O)N[C@H](C)c3ccccc3)C2)c1. The van der Waals surface area contributed by atoms with Crippen molar-refractivity contribution in [3.8, 4) is 0 Å². The van der Waals surface area contributed by atoms with Gasteiger partial charge in [0.25, 0.3) is 0 Å². The summed E-state index contributed by atoms with van der Waals surface area (Å²) in [5.41, 5.74) is 2.96. The van der Waals surface area contributed by atoms with Crippen LogP contribution >= 0.6 is 0 Å². The van der Waals surface area contributed by atoms with Gasteiger partial charge in [0, 0.05) is 18.8 Å².